The van der Waals surface area contributed by atoms with Crippen molar-refractivity contribution in [1.82, 2.24) is 10.2 Å². The van der Waals surface area contributed by atoms with E-state index in [4.69, 9.17) is 10.7 Å². The predicted molar refractivity (Wildman–Crippen MR) is 68.3 cm³/mol. The summed E-state index contributed by atoms with van der Waals surface area (Å²) in [7, 11) is 1.47. The zero-order valence-electron chi connectivity index (χ0n) is 9.60. The van der Waals surface area contributed by atoms with E-state index in [9.17, 15) is 13.2 Å². The van der Waals surface area contributed by atoms with Crippen molar-refractivity contribution >= 4 is 25.6 Å². The van der Waals surface area contributed by atoms with Gasteiger partial charge < -0.3 is 10.2 Å². The van der Waals surface area contributed by atoms with Gasteiger partial charge in [-0.2, -0.15) is 0 Å². The van der Waals surface area contributed by atoms with Crippen LogP contribution in [0.2, 0.25) is 0 Å². The van der Waals surface area contributed by atoms with E-state index in [0.717, 1.165) is 13.1 Å². The van der Waals surface area contributed by atoms with Crippen molar-refractivity contribution in [2.24, 2.45) is 0 Å². The maximum Gasteiger partial charge on any atom is 0.261 e. The SMILES string of the molecule is O=C(c1ccc(S(=O)(=O)Cl)cc1)N1CCNCC1. The van der Waals surface area contributed by atoms with Gasteiger partial charge in [-0.05, 0) is 24.3 Å². The summed E-state index contributed by atoms with van der Waals surface area (Å²) < 4.78 is 22.2. The van der Waals surface area contributed by atoms with Crippen molar-refractivity contribution in [2.75, 3.05) is 26.2 Å². The molecule has 1 aromatic rings. The molecule has 0 bridgehead atoms. The number of halogens is 1. The number of benzene rings is 1. The van der Waals surface area contributed by atoms with Crippen molar-refractivity contribution in [2.45, 2.75) is 4.90 Å². The minimum absolute atomic E-state index is 0.000951. The molecule has 0 aliphatic carbocycles. The highest BCUT2D eigenvalue weighted by Gasteiger charge is 2.18. The van der Waals surface area contributed by atoms with Crippen molar-refractivity contribution in [3.8, 4) is 0 Å². The Morgan fingerprint density at radius 1 is 1.17 bits per heavy atom. The summed E-state index contributed by atoms with van der Waals surface area (Å²) in [6, 6.07) is 5.66. The predicted octanol–water partition coefficient (Wildman–Crippen LogP) is 0.659. The van der Waals surface area contributed by atoms with Gasteiger partial charge in [0.25, 0.3) is 15.0 Å². The van der Waals surface area contributed by atoms with Crippen molar-refractivity contribution in [3.63, 3.8) is 0 Å². The number of carbonyl (C=O) groups is 1. The molecule has 1 N–H and O–H groups in total. The molecule has 0 radical (unpaired) electrons. The number of nitrogens with zero attached hydrogens (tertiary/aromatic N) is 1. The van der Waals surface area contributed by atoms with Crippen LogP contribution < -0.4 is 5.32 Å². The van der Waals surface area contributed by atoms with Crippen LogP contribution in [-0.4, -0.2) is 45.4 Å². The van der Waals surface area contributed by atoms with Gasteiger partial charge in [0.05, 0.1) is 4.90 Å². The Morgan fingerprint density at radius 3 is 2.22 bits per heavy atom. The van der Waals surface area contributed by atoms with Gasteiger partial charge in [0.15, 0.2) is 0 Å². The van der Waals surface area contributed by atoms with E-state index in [2.05, 4.69) is 5.32 Å². The average molecular weight is 289 g/mol. The molecule has 1 amide bonds. The molecule has 1 aliphatic heterocycles. The summed E-state index contributed by atoms with van der Waals surface area (Å²) >= 11 is 0. The van der Waals surface area contributed by atoms with Crippen LogP contribution in [0.15, 0.2) is 29.2 Å². The summed E-state index contributed by atoms with van der Waals surface area (Å²) in [5, 5.41) is 3.16. The second-order valence-corrected chi connectivity index (χ2v) is 6.57. The van der Waals surface area contributed by atoms with E-state index in [1.54, 1.807) is 4.90 Å². The monoisotopic (exact) mass is 288 g/mol. The quantitative estimate of drug-likeness (QED) is 0.812. The Labute approximate surface area is 110 Å². The Morgan fingerprint density at radius 2 is 1.72 bits per heavy atom. The third kappa shape index (κ3) is 3.01. The molecule has 0 unspecified atom stereocenters. The molecule has 2 rings (SSSR count). The van der Waals surface area contributed by atoms with Gasteiger partial charge in [-0.1, -0.05) is 0 Å². The highest BCUT2D eigenvalue weighted by Crippen LogP contribution is 2.16. The molecule has 0 atom stereocenters. The van der Waals surface area contributed by atoms with Crippen LogP contribution in [-0.2, 0) is 9.05 Å². The van der Waals surface area contributed by atoms with Crippen LogP contribution in [0.25, 0.3) is 0 Å². The minimum atomic E-state index is -3.73. The lowest BCUT2D eigenvalue weighted by Crippen LogP contribution is -2.46. The van der Waals surface area contributed by atoms with Crippen molar-refractivity contribution < 1.29 is 13.2 Å². The molecule has 1 saturated heterocycles. The first kappa shape index (κ1) is 13.3. The van der Waals surface area contributed by atoms with Crippen LogP contribution in [0.1, 0.15) is 10.4 Å². The molecule has 1 aliphatic rings. The van der Waals surface area contributed by atoms with Gasteiger partial charge in [-0.3, -0.25) is 4.79 Å². The van der Waals surface area contributed by atoms with Crippen molar-refractivity contribution in [3.05, 3.63) is 29.8 Å². The number of hydrogen-bond donors (Lipinski definition) is 1. The van der Waals surface area contributed by atoms with E-state index >= 15 is 0 Å². The second-order valence-electron chi connectivity index (χ2n) is 4.00. The molecule has 1 fully saturated rings. The fourth-order valence-corrected chi connectivity index (χ4v) is 2.58. The molecule has 0 saturated carbocycles. The summed E-state index contributed by atoms with van der Waals surface area (Å²) in [4.78, 5) is 13.8. The number of rotatable bonds is 2. The summed E-state index contributed by atoms with van der Waals surface area (Å²) in [5.74, 6) is -0.0879. The maximum absolute atomic E-state index is 12.1. The van der Waals surface area contributed by atoms with Gasteiger partial charge in [-0.25, -0.2) is 8.42 Å². The molecule has 5 nitrogen and oxygen atoms in total. The van der Waals surface area contributed by atoms with Crippen LogP contribution in [0, 0.1) is 0 Å². The van der Waals surface area contributed by atoms with Gasteiger partial charge in [0.1, 0.15) is 0 Å². The zero-order chi connectivity index (χ0) is 13.2. The topological polar surface area (TPSA) is 66.5 Å². The molecule has 1 aromatic carbocycles. The Bertz CT molecular complexity index is 536. The zero-order valence-corrected chi connectivity index (χ0v) is 11.2. The molecule has 18 heavy (non-hydrogen) atoms. The maximum atomic E-state index is 12.1. The summed E-state index contributed by atoms with van der Waals surface area (Å²) in [6.45, 7) is 2.88. The number of nitrogens with one attached hydrogen (secondary N) is 1. The highest BCUT2D eigenvalue weighted by molar-refractivity contribution is 8.13. The Balaban J connectivity index is 2.16. The molecule has 0 spiro atoms. The molecular weight excluding hydrogens is 276 g/mol. The third-order valence-corrected chi connectivity index (χ3v) is 4.16. The largest absolute Gasteiger partial charge is 0.336 e. The van der Waals surface area contributed by atoms with E-state index < -0.39 is 9.05 Å². The average Bonchev–Trinajstić information content (AvgIpc) is 2.38. The van der Waals surface area contributed by atoms with E-state index in [1.165, 1.54) is 24.3 Å². The number of carbonyl (C=O) groups excluding carboxylic acids is 1. The summed E-state index contributed by atoms with van der Waals surface area (Å²) in [6.07, 6.45) is 0. The number of piperazine rings is 1. The Hall–Kier alpha value is -1.11. The first-order valence-electron chi connectivity index (χ1n) is 5.53. The van der Waals surface area contributed by atoms with E-state index in [1.807, 2.05) is 0 Å². The highest BCUT2D eigenvalue weighted by atomic mass is 35.7. The van der Waals surface area contributed by atoms with Crippen LogP contribution in [0.4, 0.5) is 0 Å². The molecule has 0 aromatic heterocycles. The van der Waals surface area contributed by atoms with Gasteiger partial charge in [0, 0.05) is 42.4 Å². The summed E-state index contributed by atoms with van der Waals surface area (Å²) in [5.41, 5.74) is 0.473. The smallest absolute Gasteiger partial charge is 0.261 e. The van der Waals surface area contributed by atoms with Crippen LogP contribution in [0.5, 0.6) is 0 Å². The van der Waals surface area contributed by atoms with Gasteiger partial charge in [0.2, 0.25) is 0 Å². The first-order valence-corrected chi connectivity index (χ1v) is 7.84. The minimum Gasteiger partial charge on any atom is -0.336 e. The first-order chi connectivity index (χ1) is 8.48. The lowest BCUT2D eigenvalue weighted by molar-refractivity contribution is 0.0735. The van der Waals surface area contributed by atoms with Crippen molar-refractivity contribution in [1.29, 1.82) is 0 Å². The second kappa shape index (κ2) is 5.26. The van der Waals surface area contributed by atoms with Crippen LogP contribution in [0.3, 0.4) is 0 Å². The Kier molecular flexibility index (Phi) is 3.89. The van der Waals surface area contributed by atoms with Gasteiger partial charge >= 0.3 is 0 Å². The molecule has 7 heteroatoms. The number of hydrogen-bond acceptors (Lipinski definition) is 4. The van der Waals surface area contributed by atoms with E-state index in [-0.39, 0.29) is 10.8 Å². The molecular formula is C11H13ClN2O3S. The fourth-order valence-electron chi connectivity index (χ4n) is 1.81. The normalized spacial score (nSPS) is 16.6. The molecule has 98 valence electrons. The van der Waals surface area contributed by atoms with E-state index in [0.29, 0.717) is 18.7 Å². The molecule has 1 heterocycles. The lowest BCUT2D eigenvalue weighted by atomic mass is 10.2. The lowest BCUT2D eigenvalue weighted by Gasteiger charge is -2.27. The fraction of sp³-hybridized carbons (Fsp3) is 0.364. The van der Waals surface area contributed by atoms with Crippen LogP contribution >= 0.6 is 10.7 Å². The number of amides is 1. The standard InChI is InChI=1S/C11H13ClN2O3S/c12-18(16,17)10-3-1-9(2-4-10)11(15)14-7-5-13-6-8-14/h1-4,13H,5-8H2. The van der Waals surface area contributed by atoms with Gasteiger partial charge in [-0.15, -0.1) is 0 Å². The third-order valence-electron chi connectivity index (χ3n) is 2.79.